The number of nitrogens with zero attached hydrogens (tertiary/aromatic N) is 5. The standard InChI is InChI=1S/C18H22Cl2N6S.C2H2.CHN.CH4O/c19-14-11(9-12(21)24-15(14)20)27-17-16(22)25-13(10-23-17)26-7-5-18(6-8-26)3-1-2-4-18;3*1-2/h9-10H,1-8H2,(H2,21,24)(H2,22,25);1-2H;1H;2H,1H3. The van der Waals surface area contributed by atoms with Crippen LogP contribution in [0.1, 0.15) is 38.5 Å². The van der Waals surface area contributed by atoms with Gasteiger partial charge in [0.25, 0.3) is 0 Å². The maximum Gasteiger partial charge on any atom is 0.158 e. The average molecular weight is 510 g/mol. The van der Waals surface area contributed by atoms with E-state index in [1.54, 1.807) is 12.3 Å². The molecule has 4 rings (SSSR count). The van der Waals surface area contributed by atoms with E-state index >= 15 is 0 Å². The first-order valence-corrected chi connectivity index (χ1v) is 11.7. The number of nitrogen functional groups attached to an aromatic ring is 2. The quantitative estimate of drug-likeness (QED) is 0.398. The van der Waals surface area contributed by atoms with E-state index in [4.69, 9.17) is 45.0 Å². The van der Waals surface area contributed by atoms with Crippen molar-refractivity contribution >= 4 is 52.4 Å². The van der Waals surface area contributed by atoms with Gasteiger partial charge in [0.1, 0.15) is 16.7 Å². The van der Waals surface area contributed by atoms with Gasteiger partial charge in [-0.2, -0.15) is 0 Å². The number of anilines is 3. The minimum Gasteiger partial charge on any atom is -0.400 e. The van der Waals surface area contributed by atoms with Crippen LogP contribution in [0.5, 0.6) is 0 Å². The SMILES string of the molecule is C#C.C#N.CO.Nc1cc(Sc2ncc(N3CCC4(CCCC4)CC3)nc2N)c(Cl)c(Cl)n1. The summed E-state index contributed by atoms with van der Waals surface area (Å²) in [6.45, 7) is 5.53. The Morgan fingerprint density at radius 1 is 1.06 bits per heavy atom. The fraction of sp³-hybridized carbons (Fsp3) is 0.455. The lowest BCUT2D eigenvalue weighted by Gasteiger charge is -2.39. The van der Waals surface area contributed by atoms with E-state index < -0.39 is 0 Å². The predicted molar refractivity (Wildman–Crippen MR) is 136 cm³/mol. The van der Waals surface area contributed by atoms with Gasteiger partial charge < -0.3 is 21.5 Å². The summed E-state index contributed by atoms with van der Waals surface area (Å²) in [6, 6.07) is 1.65. The smallest absolute Gasteiger partial charge is 0.158 e. The van der Waals surface area contributed by atoms with E-state index in [1.165, 1.54) is 50.3 Å². The molecule has 0 radical (unpaired) electrons. The molecule has 1 spiro atoms. The molecule has 178 valence electrons. The maximum atomic E-state index is 7.00. The third kappa shape index (κ3) is 7.28. The number of aliphatic hydroxyl groups excluding tert-OH is 1. The molecule has 0 amide bonds. The molecule has 1 saturated heterocycles. The predicted octanol–water partition coefficient (Wildman–Crippen LogP) is 4.65. The number of piperidine rings is 1. The zero-order valence-electron chi connectivity index (χ0n) is 18.5. The summed E-state index contributed by atoms with van der Waals surface area (Å²) in [5.41, 5.74) is 12.5. The van der Waals surface area contributed by atoms with Crippen LogP contribution in [-0.2, 0) is 0 Å². The van der Waals surface area contributed by atoms with E-state index in [0.29, 0.717) is 32.0 Å². The van der Waals surface area contributed by atoms with Crippen LogP contribution in [-0.4, -0.2) is 40.3 Å². The molecule has 1 aliphatic carbocycles. The van der Waals surface area contributed by atoms with E-state index in [-0.39, 0.29) is 5.15 Å². The molecular weight excluding hydrogens is 481 g/mol. The lowest BCUT2D eigenvalue weighted by Crippen LogP contribution is -2.39. The second-order valence-electron chi connectivity index (χ2n) is 7.36. The van der Waals surface area contributed by atoms with Crippen LogP contribution in [0.15, 0.2) is 22.2 Å². The molecule has 2 aliphatic rings. The van der Waals surface area contributed by atoms with Gasteiger partial charge in [-0.25, -0.2) is 20.2 Å². The van der Waals surface area contributed by atoms with Crippen LogP contribution >= 0.6 is 35.0 Å². The first kappa shape index (κ1) is 28.6. The van der Waals surface area contributed by atoms with Gasteiger partial charge in [-0.05, 0) is 37.2 Å². The monoisotopic (exact) mass is 509 g/mol. The summed E-state index contributed by atoms with van der Waals surface area (Å²) in [6.07, 6.45) is 17.8. The zero-order valence-corrected chi connectivity index (χ0v) is 20.9. The minimum atomic E-state index is 0.163. The number of rotatable bonds is 3. The zero-order chi connectivity index (χ0) is 25.0. The Bertz CT molecular complexity index is 933. The fourth-order valence-electron chi connectivity index (χ4n) is 4.12. The number of hydrogen-bond donors (Lipinski definition) is 3. The van der Waals surface area contributed by atoms with Crippen LogP contribution in [0.2, 0.25) is 10.2 Å². The van der Waals surface area contributed by atoms with Crippen molar-refractivity contribution in [3.8, 4) is 19.4 Å². The third-order valence-electron chi connectivity index (χ3n) is 5.67. The second kappa shape index (κ2) is 14.0. The van der Waals surface area contributed by atoms with Crippen LogP contribution in [0, 0.1) is 30.1 Å². The van der Waals surface area contributed by atoms with Crippen molar-refractivity contribution in [2.24, 2.45) is 5.41 Å². The normalized spacial score (nSPS) is 15.8. The Hall–Kier alpha value is -2.43. The first-order valence-electron chi connectivity index (χ1n) is 10.2. The van der Waals surface area contributed by atoms with Crippen molar-refractivity contribution < 1.29 is 5.11 Å². The number of hydrogen-bond acceptors (Lipinski definition) is 9. The molecule has 2 aromatic heterocycles. The largest absolute Gasteiger partial charge is 0.400 e. The lowest BCUT2D eigenvalue weighted by atomic mass is 9.77. The summed E-state index contributed by atoms with van der Waals surface area (Å²) in [7, 11) is 1.00. The molecule has 3 heterocycles. The highest BCUT2D eigenvalue weighted by Crippen LogP contribution is 2.46. The number of nitriles is 1. The second-order valence-corrected chi connectivity index (χ2v) is 9.13. The number of aromatic nitrogens is 3. The van der Waals surface area contributed by atoms with E-state index in [1.807, 2.05) is 0 Å². The van der Waals surface area contributed by atoms with Gasteiger partial charge in [-0.3, -0.25) is 0 Å². The van der Waals surface area contributed by atoms with Crippen LogP contribution < -0.4 is 16.4 Å². The van der Waals surface area contributed by atoms with Crippen molar-refractivity contribution in [3.63, 3.8) is 0 Å². The van der Waals surface area contributed by atoms with Crippen LogP contribution in [0.3, 0.4) is 0 Å². The van der Waals surface area contributed by atoms with Crippen molar-refractivity contribution in [3.05, 3.63) is 22.4 Å². The molecule has 33 heavy (non-hydrogen) atoms. The van der Waals surface area contributed by atoms with Gasteiger partial charge >= 0.3 is 0 Å². The van der Waals surface area contributed by atoms with Gasteiger partial charge in [-0.1, -0.05) is 47.8 Å². The van der Waals surface area contributed by atoms with Crippen LogP contribution in [0.4, 0.5) is 17.5 Å². The molecule has 1 aliphatic heterocycles. The fourth-order valence-corrected chi connectivity index (χ4v) is 5.42. The Morgan fingerprint density at radius 3 is 2.18 bits per heavy atom. The highest BCUT2D eigenvalue weighted by atomic mass is 35.5. The number of pyridine rings is 1. The van der Waals surface area contributed by atoms with Gasteiger partial charge in [0.15, 0.2) is 11.0 Å². The van der Waals surface area contributed by atoms with Gasteiger partial charge in [-0.15, -0.1) is 12.8 Å². The molecular formula is C22H29Cl2N7OS. The maximum absolute atomic E-state index is 7.00. The number of halogens is 2. The van der Waals surface area contributed by atoms with Crippen molar-refractivity contribution in [2.45, 2.75) is 48.4 Å². The molecule has 0 atom stereocenters. The molecule has 2 fully saturated rings. The van der Waals surface area contributed by atoms with E-state index in [2.05, 4.69) is 39.3 Å². The molecule has 11 heteroatoms. The Labute approximate surface area is 209 Å². The van der Waals surface area contributed by atoms with E-state index in [0.717, 1.165) is 26.0 Å². The highest BCUT2D eigenvalue weighted by Gasteiger charge is 2.37. The van der Waals surface area contributed by atoms with Crippen LogP contribution in [0.25, 0.3) is 0 Å². The van der Waals surface area contributed by atoms with Crippen molar-refractivity contribution in [1.29, 1.82) is 5.26 Å². The Kier molecular flexibility index (Phi) is 12.1. The molecule has 8 nitrogen and oxygen atoms in total. The number of nitrogens with two attached hydrogens (primary N) is 2. The van der Waals surface area contributed by atoms with Crippen molar-refractivity contribution in [2.75, 3.05) is 36.6 Å². The highest BCUT2D eigenvalue weighted by molar-refractivity contribution is 7.99. The molecule has 1 saturated carbocycles. The van der Waals surface area contributed by atoms with Gasteiger partial charge in [0, 0.05) is 31.7 Å². The first-order chi connectivity index (χ1) is 16.0. The van der Waals surface area contributed by atoms with Gasteiger partial charge in [0.2, 0.25) is 0 Å². The summed E-state index contributed by atoms with van der Waals surface area (Å²) in [5.74, 6) is 1.51. The molecule has 0 aromatic carbocycles. The summed E-state index contributed by atoms with van der Waals surface area (Å²) >= 11 is 13.5. The van der Waals surface area contributed by atoms with Gasteiger partial charge in [0.05, 0.1) is 11.2 Å². The average Bonchev–Trinajstić information content (AvgIpc) is 3.30. The molecule has 0 unspecified atom stereocenters. The summed E-state index contributed by atoms with van der Waals surface area (Å²) in [5, 5.41) is 14.6. The molecule has 0 bridgehead atoms. The van der Waals surface area contributed by atoms with Crippen molar-refractivity contribution in [1.82, 2.24) is 15.0 Å². The lowest BCUT2D eigenvalue weighted by molar-refractivity contribution is 0.226. The molecule has 5 N–H and O–H groups in total. The summed E-state index contributed by atoms with van der Waals surface area (Å²) in [4.78, 5) is 16.0. The number of aliphatic hydroxyl groups is 1. The topological polar surface area (TPSA) is 138 Å². The molecule has 2 aromatic rings. The summed E-state index contributed by atoms with van der Waals surface area (Å²) < 4.78 is 0. The number of terminal acetylenes is 1. The third-order valence-corrected chi connectivity index (χ3v) is 7.59. The Morgan fingerprint density at radius 2 is 1.64 bits per heavy atom. The minimum absolute atomic E-state index is 0.163. The van der Waals surface area contributed by atoms with E-state index in [9.17, 15) is 0 Å². The Balaban J connectivity index is 0.000000841.